The zero-order valence-corrected chi connectivity index (χ0v) is 21.8. The second kappa shape index (κ2) is 10.1. The third-order valence-electron chi connectivity index (χ3n) is 4.94. The highest BCUT2D eigenvalue weighted by molar-refractivity contribution is 9.11. The van der Waals surface area contributed by atoms with E-state index in [1.807, 2.05) is 43.3 Å². The first kappa shape index (κ1) is 24.1. The lowest BCUT2D eigenvalue weighted by molar-refractivity contribution is 0.0956. The second-order valence-corrected chi connectivity index (χ2v) is 10.6. The fourth-order valence-electron chi connectivity index (χ4n) is 3.25. The number of hydrogen-bond acceptors (Lipinski definition) is 5. The molecule has 0 unspecified atom stereocenters. The van der Waals surface area contributed by atoms with Gasteiger partial charge < -0.3 is 4.18 Å². The monoisotopic (exact) mass is 600 g/mol. The van der Waals surface area contributed by atoms with Gasteiger partial charge in [0.05, 0.1) is 15.2 Å². The SMILES string of the molecule is Cc1ccc(S(=O)(=O)Oc2c(Br)cc(/C=N\NC(=O)c3cccc4ccccc34)cc2Br)cc1. The molecular formula is C25H18Br2N2O4S. The van der Waals surface area contributed by atoms with Crippen LogP contribution >= 0.6 is 31.9 Å². The Bertz CT molecular complexity index is 1490. The molecule has 0 aliphatic rings. The van der Waals surface area contributed by atoms with Crippen LogP contribution in [0, 0.1) is 6.92 Å². The number of amides is 1. The summed E-state index contributed by atoms with van der Waals surface area (Å²) in [5.41, 5.74) is 4.60. The summed E-state index contributed by atoms with van der Waals surface area (Å²) in [6, 6.07) is 22.8. The molecule has 0 radical (unpaired) electrons. The number of halogens is 2. The van der Waals surface area contributed by atoms with Gasteiger partial charge in [-0.05, 0) is 85.5 Å². The van der Waals surface area contributed by atoms with Crippen LogP contribution < -0.4 is 9.61 Å². The van der Waals surface area contributed by atoms with Gasteiger partial charge in [0.1, 0.15) is 4.90 Å². The predicted molar refractivity (Wildman–Crippen MR) is 140 cm³/mol. The third kappa shape index (κ3) is 5.38. The Morgan fingerprint density at radius 2 is 1.59 bits per heavy atom. The van der Waals surface area contributed by atoms with E-state index in [0.717, 1.165) is 16.3 Å². The normalized spacial score (nSPS) is 11.6. The smallest absolute Gasteiger partial charge is 0.339 e. The van der Waals surface area contributed by atoms with Crippen molar-refractivity contribution in [3.8, 4) is 5.75 Å². The molecule has 0 spiro atoms. The van der Waals surface area contributed by atoms with E-state index in [0.29, 0.717) is 20.1 Å². The van der Waals surface area contributed by atoms with Crippen LogP contribution in [-0.2, 0) is 10.1 Å². The van der Waals surface area contributed by atoms with Crippen LogP contribution in [-0.4, -0.2) is 20.5 Å². The first-order chi connectivity index (χ1) is 16.2. The fraction of sp³-hybridized carbons (Fsp3) is 0.0400. The van der Waals surface area contributed by atoms with Gasteiger partial charge in [-0.25, -0.2) is 5.43 Å². The van der Waals surface area contributed by atoms with E-state index in [2.05, 4.69) is 42.4 Å². The van der Waals surface area contributed by atoms with Crippen LogP contribution in [0.3, 0.4) is 0 Å². The molecule has 0 aliphatic heterocycles. The van der Waals surface area contributed by atoms with Gasteiger partial charge in [-0.15, -0.1) is 0 Å². The minimum atomic E-state index is -4.02. The highest BCUT2D eigenvalue weighted by Crippen LogP contribution is 2.36. The number of aryl methyl sites for hydroxylation is 1. The van der Waals surface area contributed by atoms with E-state index in [1.54, 1.807) is 30.3 Å². The predicted octanol–water partition coefficient (Wildman–Crippen LogP) is 6.20. The minimum absolute atomic E-state index is 0.0543. The van der Waals surface area contributed by atoms with Gasteiger partial charge in [-0.3, -0.25) is 4.79 Å². The van der Waals surface area contributed by atoms with Gasteiger partial charge in [0.15, 0.2) is 5.75 Å². The van der Waals surface area contributed by atoms with Crippen LogP contribution in [0.1, 0.15) is 21.5 Å². The number of nitrogens with one attached hydrogen (secondary N) is 1. The average Bonchev–Trinajstić information content (AvgIpc) is 2.81. The average molecular weight is 602 g/mol. The van der Waals surface area contributed by atoms with Gasteiger partial charge in [0.25, 0.3) is 5.91 Å². The van der Waals surface area contributed by atoms with E-state index in [4.69, 9.17) is 4.18 Å². The molecule has 172 valence electrons. The maximum absolute atomic E-state index is 12.6. The van der Waals surface area contributed by atoms with Crippen LogP contribution in [0.5, 0.6) is 5.75 Å². The number of benzene rings is 4. The van der Waals surface area contributed by atoms with Gasteiger partial charge >= 0.3 is 10.1 Å². The van der Waals surface area contributed by atoms with Crippen molar-refractivity contribution in [1.82, 2.24) is 5.43 Å². The molecule has 0 bridgehead atoms. The first-order valence-corrected chi connectivity index (χ1v) is 13.1. The van der Waals surface area contributed by atoms with Crippen molar-refractivity contribution < 1.29 is 17.4 Å². The van der Waals surface area contributed by atoms with Crippen molar-refractivity contribution in [3.05, 3.63) is 104 Å². The van der Waals surface area contributed by atoms with Crippen molar-refractivity contribution >= 4 is 64.9 Å². The third-order valence-corrected chi connectivity index (χ3v) is 7.35. The van der Waals surface area contributed by atoms with Crippen LogP contribution in [0.15, 0.2) is 97.8 Å². The Labute approximate surface area is 214 Å². The van der Waals surface area contributed by atoms with Crippen molar-refractivity contribution in [2.75, 3.05) is 0 Å². The van der Waals surface area contributed by atoms with Crippen molar-refractivity contribution in [2.45, 2.75) is 11.8 Å². The van der Waals surface area contributed by atoms with Gasteiger partial charge in [0.2, 0.25) is 0 Å². The summed E-state index contributed by atoms with van der Waals surface area (Å²) >= 11 is 6.70. The topological polar surface area (TPSA) is 84.8 Å². The number of carbonyl (C=O) groups excluding carboxylic acids is 1. The van der Waals surface area contributed by atoms with Crippen molar-refractivity contribution in [1.29, 1.82) is 0 Å². The van der Waals surface area contributed by atoms with E-state index in [1.165, 1.54) is 18.3 Å². The lowest BCUT2D eigenvalue weighted by Crippen LogP contribution is -2.17. The molecule has 34 heavy (non-hydrogen) atoms. The number of fused-ring (bicyclic) bond motifs is 1. The van der Waals surface area contributed by atoms with Gasteiger partial charge in [-0.1, -0.05) is 54.1 Å². The van der Waals surface area contributed by atoms with Crippen LogP contribution in [0.4, 0.5) is 0 Å². The maximum Gasteiger partial charge on any atom is 0.339 e. The summed E-state index contributed by atoms with van der Waals surface area (Å²) in [6.07, 6.45) is 1.46. The summed E-state index contributed by atoms with van der Waals surface area (Å²) in [5.74, 6) is -0.229. The number of hydrazone groups is 1. The Hall–Kier alpha value is -3.01. The molecule has 4 aromatic rings. The standard InChI is InChI=1S/C25H18Br2N2O4S/c1-16-9-11-19(12-10-16)34(31,32)33-24-22(26)13-17(14-23(24)27)15-28-29-25(30)21-8-4-6-18-5-2-3-7-20(18)21/h2-15H,1H3,(H,29,30)/b28-15-. The lowest BCUT2D eigenvalue weighted by Gasteiger charge is -2.11. The molecule has 1 amide bonds. The summed E-state index contributed by atoms with van der Waals surface area (Å²) < 4.78 is 31.4. The Kier molecular flexibility index (Phi) is 7.16. The molecule has 0 aromatic heterocycles. The minimum Gasteiger partial charge on any atom is -0.377 e. The highest BCUT2D eigenvalue weighted by atomic mass is 79.9. The fourth-order valence-corrected chi connectivity index (χ4v) is 5.81. The maximum atomic E-state index is 12.6. The Morgan fingerprint density at radius 3 is 2.29 bits per heavy atom. The number of nitrogens with zero attached hydrogens (tertiary/aromatic N) is 1. The summed E-state index contributed by atoms with van der Waals surface area (Å²) in [4.78, 5) is 12.7. The Balaban J connectivity index is 1.50. The lowest BCUT2D eigenvalue weighted by atomic mass is 10.0. The number of rotatable bonds is 6. The summed E-state index contributed by atoms with van der Waals surface area (Å²) in [6.45, 7) is 1.87. The van der Waals surface area contributed by atoms with Gasteiger partial charge in [0, 0.05) is 5.56 Å². The molecule has 9 heteroatoms. The largest absolute Gasteiger partial charge is 0.377 e. The molecule has 0 aliphatic carbocycles. The number of carbonyl (C=O) groups is 1. The molecular weight excluding hydrogens is 584 g/mol. The van der Waals surface area contributed by atoms with Crippen LogP contribution in [0.2, 0.25) is 0 Å². The first-order valence-electron chi connectivity index (χ1n) is 10.1. The van der Waals surface area contributed by atoms with Gasteiger partial charge in [-0.2, -0.15) is 13.5 Å². The summed E-state index contributed by atoms with van der Waals surface area (Å²) in [7, 11) is -4.02. The van der Waals surface area contributed by atoms with Crippen LogP contribution in [0.25, 0.3) is 10.8 Å². The second-order valence-electron chi connectivity index (χ2n) is 7.39. The van der Waals surface area contributed by atoms with Crippen molar-refractivity contribution in [2.24, 2.45) is 5.10 Å². The zero-order chi connectivity index (χ0) is 24.3. The van der Waals surface area contributed by atoms with E-state index >= 15 is 0 Å². The highest BCUT2D eigenvalue weighted by Gasteiger charge is 2.20. The molecule has 0 fully saturated rings. The summed E-state index contributed by atoms with van der Waals surface area (Å²) in [5, 5.41) is 5.84. The molecule has 1 N–H and O–H groups in total. The molecule has 4 aromatic carbocycles. The number of hydrogen-bond donors (Lipinski definition) is 1. The van der Waals surface area contributed by atoms with Crippen molar-refractivity contribution in [3.63, 3.8) is 0 Å². The molecule has 0 saturated carbocycles. The molecule has 4 rings (SSSR count). The van der Waals surface area contributed by atoms with E-state index < -0.39 is 10.1 Å². The molecule has 0 heterocycles. The quantitative estimate of drug-likeness (QED) is 0.162. The Morgan fingerprint density at radius 1 is 0.941 bits per heavy atom. The molecule has 6 nitrogen and oxygen atoms in total. The van der Waals surface area contributed by atoms with E-state index in [9.17, 15) is 13.2 Å². The molecule has 0 saturated heterocycles. The van der Waals surface area contributed by atoms with E-state index in [-0.39, 0.29) is 16.6 Å². The zero-order valence-electron chi connectivity index (χ0n) is 17.8. The molecule has 0 atom stereocenters.